The van der Waals surface area contributed by atoms with E-state index in [1.807, 2.05) is 13.8 Å². The van der Waals surface area contributed by atoms with Crippen LogP contribution in [-0.4, -0.2) is 35.7 Å². The zero-order valence-corrected chi connectivity index (χ0v) is 24.6. The highest BCUT2D eigenvalue weighted by Crippen LogP contribution is 2.29. The maximum Gasteiger partial charge on any atom is 0.277 e. The summed E-state index contributed by atoms with van der Waals surface area (Å²) in [6.07, 6.45) is 4.65. The average molecular weight is 588 g/mol. The summed E-state index contributed by atoms with van der Waals surface area (Å²) in [4.78, 5) is 32.8. The molecular formula is C31H33N5O5S. The van der Waals surface area contributed by atoms with Gasteiger partial charge in [-0.2, -0.15) is 10.2 Å². The predicted octanol–water partition coefficient (Wildman–Crippen LogP) is 4.68. The van der Waals surface area contributed by atoms with E-state index in [2.05, 4.69) is 22.8 Å². The first-order valence-electron chi connectivity index (χ1n) is 13.4. The molecule has 11 heteroatoms. The van der Waals surface area contributed by atoms with Crippen LogP contribution < -0.4 is 11.3 Å². The van der Waals surface area contributed by atoms with E-state index in [-0.39, 0.29) is 11.4 Å². The minimum absolute atomic E-state index is 0.225. The summed E-state index contributed by atoms with van der Waals surface area (Å²) in [7, 11) is -4.72. The summed E-state index contributed by atoms with van der Waals surface area (Å²) in [5.74, 6) is -1.36. The SMILES string of the molecule is C=N/C(=C\C=C(/C)c1ccccc1C(N)=O)S(=O)(=O)c1c(O)nc(CCCC)n([C@@H](CC)c2cccc(C#N)c2)c1=O. The van der Waals surface area contributed by atoms with E-state index in [9.17, 15) is 28.4 Å². The van der Waals surface area contributed by atoms with E-state index in [1.165, 1.54) is 10.6 Å². The first kappa shape index (κ1) is 31.7. The van der Waals surface area contributed by atoms with Crippen LogP contribution in [0.4, 0.5) is 0 Å². The molecule has 0 aliphatic heterocycles. The molecule has 0 fully saturated rings. The van der Waals surface area contributed by atoms with Gasteiger partial charge in [-0.1, -0.05) is 56.7 Å². The lowest BCUT2D eigenvalue weighted by Gasteiger charge is -2.23. The van der Waals surface area contributed by atoms with Gasteiger partial charge in [-0.3, -0.25) is 19.1 Å². The average Bonchev–Trinajstić information content (AvgIpc) is 2.97. The number of aromatic nitrogens is 2. The molecule has 0 saturated heterocycles. The molecule has 3 rings (SSSR count). The number of aryl methyl sites for hydroxylation is 1. The summed E-state index contributed by atoms with van der Waals surface area (Å²) < 4.78 is 28.9. The monoisotopic (exact) mass is 587 g/mol. The maximum absolute atomic E-state index is 14.0. The number of carbonyl (C=O) groups is 1. The lowest BCUT2D eigenvalue weighted by Crippen LogP contribution is -2.33. The van der Waals surface area contributed by atoms with Crippen molar-refractivity contribution >= 4 is 28.0 Å². The van der Waals surface area contributed by atoms with Crippen LogP contribution in [0.15, 0.2) is 80.4 Å². The number of aliphatic imine (C=N–C) groups is 1. The smallest absolute Gasteiger partial charge is 0.277 e. The molecule has 42 heavy (non-hydrogen) atoms. The Kier molecular flexibility index (Phi) is 10.3. The van der Waals surface area contributed by atoms with Gasteiger partial charge in [0, 0.05) is 12.0 Å². The standard InChI is InChI=1S/C31H33N5O5S/c1-5-7-15-26-35-30(38)28(31(39)36(26)25(6-2)22-12-10-11-21(18-22)19-32)42(40,41)27(34-4)17-16-20(3)23-13-8-9-14-24(23)29(33)37/h8-14,16-18,25,38H,4-7,15H2,1-3H3,(H2,33,37)/b20-16+,27-17+/t25-/m0/s1. The van der Waals surface area contributed by atoms with E-state index < -0.39 is 43.2 Å². The first-order chi connectivity index (χ1) is 20.0. The highest BCUT2D eigenvalue weighted by atomic mass is 32.2. The van der Waals surface area contributed by atoms with Crippen molar-refractivity contribution in [2.45, 2.75) is 57.4 Å². The number of benzene rings is 2. The van der Waals surface area contributed by atoms with Gasteiger partial charge in [0.1, 0.15) is 5.82 Å². The second kappa shape index (κ2) is 13.7. The maximum atomic E-state index is 14.0. The summed E-state index contributed by atoms with van der Waals surface area (Å²) >= 11 is 0. The number of primary amides is 1. The van der Waals surface area contributed by atoms with Gasteiger partial charge in [-0.05, 0) is 67.5 Å². The quantitative estimate of drug-likeness (QED) is 0.229. The molecule has 2 aromatic carbocycles. The second-order valence-electron chi connectivity index (χ2n) is 9.55. The van der Waals surface area contributed by atoms with Crippen LogP contribution in [0.1, 0.15) is 78.9 Å². The Labute approximate surface area is 245 Å². The van der Waals surface area contributed by atoms with Crippen molar-refractivity contribution in [2.75, 3.05) is 0 Å². The van der Waals surface area contributed by atoms with Crippen LogP contribution in [0.5, 0.6) is 5.88 Å². The van der Waals surface area contributed by atoms with Gasteiger partial charge in [0.2, 0.25) is 26.5 Å². The number of nitriles is 1. The Hall–Kier alpha value is -4.82. The minimum atomic E-state index is -4.72. The lowest BCUT2D eigenvalue weighted by molar-refractivity contribution is 0.1000. The number of carbonyl (C=O) groups excluding carboxylic acids is 1. The van der Waals surface area contributed by atoms with Gasteiger partial charge in [0.25, 0.3) is 5.56 Å². The molecule has 1 aromatic heterocycles. The number of sulfone groups is 1. The van der Waals surface area contributed by atoms with Crippen molar-refractivity contribution < 1.29 is 18.3 Å². The molecule has 3 N–H and O–H groups in total. The molecule has 1 amide bonds. The van der Waals surface area contributed by atoms with Crippen LogP contribution in [0, 0.1) is 11.3 Å². The van der Waals surface area contributed by atoms with Crippen LogP contribution >= 0.6 is 0 Å². The third-order valence-electron chi connectivity index (χ3n) is 6.78. The van der Waals surface area contributed by atoms with Crippen LogP contribution in [-0.2, 0) is 16.3 Å². The number of amides is 1. The fourth-order valence-corrected chi connectivity index (χ4v) is 5.90. The Morgan fingerprint density at radius 1 is 1.19 bits per heavy atom. The number of unbranched alkanes of at least 4 members (excludes halogenated alkanes) is 1. The molecule has 218 valence electrons. The Morgan fingerprint density at radius 2 is 1.88 bits per heavy atom. The van der Waals surface area contributed by atoms with Gasteiger partial charge in [0.05, 0.1) is 17.7 Å². The number of allylic oxidation sites excluding steroid dienone is 3. The number of aromatic hydroxyl groups is 1. The topological polar surface area (TPSA) is 168 Å². The van der Waals surface area contributed by atoms with E-state index in [4.69, 9.17) is 5.73 Å². The highest BCUT2D eigenvalue weighted by Gasteiger charge is 2.32. The molecule has 0 bridgehead atoms. The highest BCUT2D eigenvalue weighted by molar-refractivity contribution is 7.95. The molecule has 0 spiro atoms. The molecular weight excluding hydrogens is 554 g/mol. The van der Waals surface area contributed by atoms with E-state index >= 15 is 0 Å². The molecule has 0 aliphatic carbocycles. The molecule has 0 radical (unpaired) electrons. The zero-order chi connectivity index (χ0) is 31.0. The number of hydrogen-bond acceptors (Lipinski definition) is 8. The van der Waals surface area contributed by atoms with Crippen LogP contribution in [0.2, 0.25) is 0 Å². The van der Waals surface area contributed by atoms with Gasteiger partial charge in [-0.15, -0.1) is 0 Å². The molecule has 0 saturated carbocycles. The number of nitrogens with zero attached hydrogens (tertiary/aromatic N) is 4. The van der Waals surface area contributed by atoms with Gasteiger partial charge < -0.3 is 10.8 Å². The normalized spacial score (nSPS) is 12.9. The molecule has 10 nitrogen and oxygen atoms in total. The van der Waals surface area contributed by atoms with Gasteiger partial charge in [-0.25, -0.2) is 8.42 Å². The van der Waals surface area contributed by atoms with E-state index in [1.54, 1.807) is 55.5 Å². The van der Waals surface area contributed by atoms with E-state index in [0.29, 0.717) is 41.5 Å². The Morgan fingerprint density at radius 3 is 2.48 bits per heavy atom. The third-order valence-corrected chi connectivity index (χ3v) is 8.49. The predicted molar refractivity (Wildman–Crippen MR) is 162 cm³/mol. The van der Waals surface area contributed by atoms with Crippen molar-refractivity contribution in [3.8, 4) is 11.9 Å². The molecule has 0 aliphatic rings. The van der Waals surface area contributed by atoms with Crippen molar-refractivity contribution in [1.82, 2.24) is 9.55 Å². The summed E-state index contributed by atoms with van der Waals surface area (Å²) in [5.41, 5.74) is 6.74. The number of nitrogens with two attached hydrogens (primary N) is 1. The van der Waals surface area contributed by atoms with Crippen LogP contribution in [0.3, 0.4) is 0 Å². The minimum Gasteiger partial charge on any atom is -0.492 e. The van der Waals surface area contributed by atoms with E-state index in [0.717, 1.165) is 12.5 Å². The molecule has 1 atom stereocenters. The summed E-state index contributed by atoms with van der Waals surface area (Å²) in [6, 6.07) is 14.7. The second-order valence-corrected chi connectivity index (χ2v) is 11.4. The first-order valence-corrected chi connectivity index (χ1v) is 14.8. The van der Waals surface area contributed by atoms with Gasteiger partial charge >= 0.3 is 0 Å². The van der Waals surface area contributed by atoms with Crippen molar-refractivity contribution in [3.05, 3.63) is 104 Å². The van der Waals surface area contributed by atoms with Crippen molar-refractivity contribution in [3.63, 3.8) is 0 Å². The fourth-order valence-electron chi connectivity index (χ4n) is 4.66. The summed E-state index contributed by atoms with van der Waals surface area (Å²) in [5, 5.41) is 19.6. The van der Waals surface area contributed by atoms with Crippen molar-refractivity contribution in [2.24, 2.45) is 10.7 Å². The zero-order valence-electron chi connectivity index (χ0n) is 23.7. The van der Waals surface area contributed by atoms with Crippen LogP contribution in [0.25, 0.3) is 5.57 Å². The Bertz CT molecular complexity index is 1780. The molecule has 0 unspecified atom stereocenters. The number of hydrogen-bond donors (Lipinski definition) is 2. The number of rotatable bonds is 12. The Balaban J connectivity index is 2.25. The third kappa shape index (κ3) is 6.56. The molecule has 1 heterocycles. The summed E-state index contributed by atoms with van der Waals surface area (Å²) in [6.45, 7) is 8.80. The lowest BCUT2D eigenvalue weighted by atomic mass is 10.0. The largest absolute Gasteiger partial charge is 0.492 e. The molecule has 3 aromatic rings. The fraction of sp³-hybridized carbons (Fsp3) is 0.258. The van der Waals surface area contributed by atoms with Crippen molar-refractivity contribution in [1.29, 1.82) is 5.26 Å². The van der Waals surface area contributed by atoms with Gasteiger partial charge in [0.15, 0.2) is 5.03 Å².